The summed E-state index contributed by atoms with van der Waals surface area (Å²) in [5, 5.41) is 11.1. The molecular weight excluding hydrogens is 354 g/mol. The lowest BCUT2D eigenvalue weighted by Crippen LogP contribution is -2.30. The van der Waals surface area contributed by atoms with Gasteiger partial charge < -0.3 is 9.90 Å². The molecule has 0 bridgehead atoms. The van der Waals surface area contributed by atoms with Crippen LogP contribution < -0.4 is 10.0 Å². The fraction of sp³-hybridized carbons (Fsp3) is 0.150. The van der Waals surface area contributed by atoms with E-state index in [0.29, 0.717) is 22.7 Å². The van der Waals surface area contributed by atoms with Crippen molar-refractivity contribution in [2.45, 2.75) is 12.8 Å². The first-order valence-electron chi connectivity index (χ1n) is 8.04. The summed E-state index contributed by atoms with van der Waals surface area (Å²) < 4.78 is 0. The number of carbonyl (C=O) groups is 3. The summed E-state index contributed by atoms with van der Waals surface area (Å²) >= 11 is 5.87. The fourth-order valence-electron chi connectivity index (χ4n) is 2.96. The van der Waals surface area contributed by atoms with Crippen molar-refractivity contribution in [3.8, 4) is 0 Å². The molecule has 2 aromatic carbocycles. The summed E-state index contributed by atoms with van der Waals surface area (Å²) in [6.45, 7) is 0. The Bertz CT molecular complexity index is 889. The van der Waals surface area contributed by atoms with E-state index in [-0.39, 0.29) is 18.2 Å². The molecule has 0 saturated carbocycles. The minimum atomic E-state index is -1.31. The van der Waals surface area contributed by atoms with Crippen LogP contribution in [0.4, 0.5) is 5.69 Å². The van der Waals surface area contributed by atoms with E-state index in [9.17, 15) is 19.5 Å². The Balaban J connectivity index is 1.79. The zero-order valence-corrected chi connectivity index (χ0v) is 14.5. The van der Waals surface area contributed by atoms with Crippen molar-refractivity contribution in [2.24, 2.45) is 5.92 Å². The van der Waals surface area contributed by atoms with Crippen LogP contribution in [0.25, 0.3) is 6.08 Å². The van der Waals surface area contributed by atoms with E-state index in [1.807, 2.05) is 12.1 Å². The Morgan fingerprint density at radius 2 is 1.92 bits per heavy atom. The molecule has 5 nitrogen and oxygen atoms in total. The molecule has 0 aromatic heterocycles. The van der Waals surface area contributed by atoms with Crippen LogP contribution in [0.5, 0.6) is 0 Å². The molecule has 6 heteroatoms. The zero-order valence-electron chi connectivity index (χ0n) is 13.7. The van der Waals surface area contributed by atoms with Gasteiger partial charge in [-0.2, -0.15) is 0 Å². The number of halogens is 1. The highest BCUT2D eigenvalue weighted by Crippen LogP contribution is 2.29. The molecule has 0 N–H and O–H groups in total. The van der Waals surface area contributed by atoms with Gasteiger partial charge >= 0.3 is 0 Å². The van der Waals surface area contributed by atoms with Gasteiger partial charge in [0.05, 0.1) is 17.6 Å². The predicted molar refractivity (Wildman–Crippen MR) is 96.2 cm³/mol. The average molecular weight is 369 g/mol. The first kappa shape index (κ1) is 17.9. The van der Waals surface area contributed by atoms with Gasteiger partial charge in [-0.25, -0.2) is 0 Å². The van der Waals surface area contributed by atoms with Gasteiger partial charge in [0.2, 0.25) is 11.8 Å². The highest BCUT2D eigenvalue weighted by Gasteiger charge is 2.39. The van der Waals surface area contributed by atoms with Crippen molar-refractivity contribution in [1.29, 1.82) is 0 Å². The van der Waals surface area contributed by atoms with Gasteiger partial charge in [0, 0.05) is 11.4 Å². The number of nitrogens with zero attached hydrogens (tertiary/aromatic N) is 1. The second kappa shape index (κ2) is 7.54. The van der Waals surface area contributed by atoms with Crippen molar-refractivity contribution < 1.29 is 19.5 Å². The van der Waals surface area contributed by atoms with Gasteiger partial charge in [-0.1, -0.05) is 41.9 Å². The average Bonchev–Trinajstić information content (AvgIpc) is 2.89. The maximum absolute atomic E-state index is 12.7. The van der Waals surface area contributed by atoms with E-state index in [4.69, 9.17) is 11.6 Å². The number of benzene rings is 2. The summed E-state index contributed by atoms with van der Waals surface area (Å²) in [6, 6.07) is 13.8. The third-order valence-corrected chi connectivity index (χ3v) is 4.43. The van der Waals surface area contributed by atoms with Gasteiger partial charge in [0.15, 0.2) is 0 Å². The first-order valence-corrected chi connectivity index (χ1v) is 8.42. The number of amides is 2. The zero-order chi connectivity index (χ0) is 18.7. The number of hydrogen-bond donors (Lipinski definition) is 0. The topological polar surface area (TPSA) is 77.5 Å². The van der Waals surface area contributed by atoms with Crippen LogP contribution >= 0.6 is 11.6 Å². The van der Waals surface area contributed by atoms with E-state index in [1.165, 1.54) is 6.08 Å². The number of hydrogen-bond acceptors (Lipinski definition) is 4. The van der Waals surface area contributed by atoms with Crippen molar-refractivity contribution in [3.63, 3.8) is 0 Å². The number of anilines is 1. The van der Waals surface area contributed by atoms with Crippen LogP contribution in [0.15, 0.2) is 54.6 Å². The van der Waals surface area contributed by atoms with Crippen molar-refractivity contribution in [2.75, 3.05) is 4.90 Å². The third kappa shape index (κ3) is 4.00. The molecule has 3 rings (SSSR count). The van der Waals surface area contributed by atoms with Crippen LogP contribution in [0.1, 0.15) is 17.5 Å². The summed E-state index contributed by atoms with van der Waals surface area (Å²) in [4.78, 5) is 36.8. The summed E-state index contributed by atoms with van der Waals surface area (Å²) in [7, 11) is 0. The van der Waals surface area contributed by atoms with Crippen LogP contribution in [-0.4, -0.2) is 17.8 Å². The second-order valence-electron chi connectivity index (χ2n) is 6.05. The van der Waals surface area contributed by atoms with Crippen LogP contribution in [0.3, 0.4) is 0 Å². The number of carboxylic acids is 1. The molecule has 0 radical (unpaired) electrons. The maximum atomic E-state index is 12.7. The normalized spacial score (nSPS) is 17.3. The number of carbonyl (C=O) groups excluding carboxylic acids is 3. The minimum absolute atomic E-state index is 0.139. The van der Waals surface area contributed by atoms with Crippen LogP contribution in [0.2, 0.25) is 5.02 Å². The Labute approximate surface area is 155 Å². The van der Waals surface area contributed by atoms with Crippen LogP contribution in [0, 0.1) is 5.92 Å². The van der Waals surface area contributed by atoms with E-state index in [0.717, 1.165) is 16.5 Å². The fourth-order valence-corrected chi connectivity index (χ4v) is 3.09. The Morgan fingerprint density at radius 3 is 2.62 bits per heavy atom. The Morgan fingerprint density at radius 1 is 1.19 bits per heavy atom. The smallest absolute Gasteiger partial charge is 0.237 e. The highest BCUT2D eigenvalue weighted by atomic mass is 35.5. The van der Waals surface area contributed by atoms with Crippen molar-refractivity contribution in [3.05, 3.63) is 70.8 Å². The van der Waals surface area contributed by atoms with E-state index in [1.54, 1.807) is 36.4 Å². The molecule has 1 saturated heterocycles. The quantitative estimate of drug-likeness (QED) is 0.599. The lowest BCUT2D eigenvalue weighted by atomic mass is 9.98. The largest absolute Gasteiger partial charge is 0.545 e. The Hall–Kier alpha value is -2.92. The molecule has 0 unspecified atom stereocenters. The molecule has 2 aromatic rings. The van der Waals surface area contributed by atoms with Gasteiger partial charge in [-0.3, -0.25) is 14.5 Å². The third-order valence-electron chi connectivity index (χ3n) is 4.18. The number of rotatable bonds is 5. The molecule has 1 heterocycles. The molecule has 2 amide bonds. The van der Waals surface area contributed by atoms with Crippen molar-refractivity contribution >= 4 is 41.1 Å². The lowest BCUT2D eigenvalue weighted by molar-refractivity contribution is -0.297. The standard InChI is InChI=1S/C20H16ClNO4/c21-16-7-4-14(5-8-16)10-15-12-18(23)22(20(15)26)17-3-1-2-13(11-17)6-9-19(24)25/h1-9,11,15H,10,12H2,(H,24,25)/p-1/b9-6+/t15-/m1/s1. The molecule has 1 aliphatic rings. The van der Waals surface area contributed by atoms with Gasteiger partial charge in [0.1, 0.15) is 0 Å². The highest BCUT2D eigenvalue weighted by molar-refractivity contribution is 6.30. The molecule has 0 aliphatic carbocycles. The predicted octanol–water partition coefficient (Wildman–Crippen LogP) is 2.23. The van der Waals surface area contributed by atoms with Gasteiger partial charge in [-0.15, -0.1) is 0 Å². The molecule has 132 valence electrons. The number of imide groups is 1. The summed E-state index contributed by atoms with van der Waals surface area (Å²) in [5.74, 6) is -2.26. The van der Waals surface area contributed by atoms with Gasteiger partial charge in [0.25, 0.3) is 0 Å². The Kier molecular flexibility index (Phi) is 5.19. The number of carboxylic acid groups (broad SMARTS) is 1. The van der Waals surface area contributed by atoms with E-state index >= 15 is 0 Å². The molecule has 1 atom stereocenters. The molecule has 1 fully saturated rings. The second-order valence-corrected chi connectivity index (χ2v) is 6.48. The lowest BCUT2D eigenvalue weighted by Gasteiger charge is -2.16. The number of aliphatic carboxylic acids is 1. The molecular formula is C20H15ClNO4-. The SMILES string of the molecule is O=C([O-])/C=C/c1cccc(N2C(=O)C[C@@H](Cc3ccc(Cl)cc3)C2=O)c1. The molecule has 26 heavy (non-hydrogen) atoms. The van der Waals surface area contributed by atoms with E-state index < -0.39 is 11.9 Å². The first-order chi connectivity index (χ1) is 12.4. The van der Waals surface area contributed by atoms with Crippen LogP contribution in [-0.2, 0) is 20.8 Å². The molecule has 1 aliphatic heterocycles. The molecule has 0 spiro atoms. The monoisotopic (exact) mass is 368 g/mol. The summed E-state index contributed by atoms with van der Waals surface area (Å²) in [5.41, 5.74) is 1.93. The van der Waals surface area contributed by atoms with Crippen molar-refractivity contribution in [1.82, 2.24) is 0 Å². The minimum Gasteiger partial charge on any atom is -0.545 e. The maximum Gasteiger partial charge on any atom is 0.237 e. The summed E-state index contributed by atoms with van der Waals surface area (Å²) in [6.07, 6.45) is 2.86. The van der Waals surface area contributed by atoms with E-state index in [2.05, 4.69) is 0 Å². The van der Waals surface area contributed by atoms with Gasteiger partial charge in [-0.05, 0) is 47.9 Å².